The van der Waals surface area contributed by atoms with Crippen LogP contribution in [0.4, 0.5) is 0 Å². The number of carbonyl (C=O) groups is 1. The van der Waals surface area contributed by atoms with Gasteiger partial charge in [-0.05, 0) is 30.9 Å². The van der Waals surface area contributed by atoms with Gasteiger partial charge in [-0.15, -0.1) is 0 Å². The van der Waals surface area contributed by atoms with Crippen LogP contribution in [-0.2, 0) is 17.8 Å². The van der Waals surface area contributed by atoms with Crippen molar-refractivity contribution in [1.29, 1.82) is 0 Å². The molecule has 1 aliphatic heterocycles. The van der Waals surface area contributed by atoms with Crippen LogP contribution in [0.3, 0.4) is 0 Å². The summed E-state index contributed by atoms with van der Waals surface area (Å²) in [5.74, 6) is 1.09. The fourth-order valence-corrected chi connectivity index (χ4v) is 3.42. The lowest BCUT2D eigenvalue weighted by Gasteiger charge is -2.23. The van der Waals surface area contributed by atoms with Crippen molar-refractivity contribution in [3.8, 4) is 5.75 Å². The first-order valence-electron chi connectivity index (χ1n) is 9.96. The number of aromatic amines is 1. The molecule has 1 atom stereocenters. The van der Waals surface area contributed by atoms with Gasteiger partial charge in [0.1, 0.15) is 11.9 Å². The van der Waals surface area contributed by atoms with Crippen LogP contribution in [-0.4, -0.2) is 46.7 Å². The van der Waals surface area contributed by atoms with E-state index >= 15 is 0 Å². The highest BCUT2D eigenvalue weighted by atomic mass is 16.5. The van der Waals surface area contributed by atoms with Crippen molar-refractivity contribution in [3.63, 3.8) is 0 Å². The van der Waals surface area contributed by atoms with Gasteiger partial charge in [0, 0.05) is 44.4 Å². The lowest BCUT2D eigenvalue weighted by molar-refractivity contribution is -0.121. The number of rotatable bonds is 9. The lowest BCUT2D eigenvalue weighted by atomic mass is 10.1. The Morgan fingerprint density at radius 1 is 1.41 bits per heavy atom. The summed E-state index contributed by atoms with van der Waals surface area (Å²) in [6.07, 6.45) is 8.53. The van der Waals surface area contributed by atoms with Crippen molar-refractivity contribution >= 4 is 5.91 Å². The largest absolute Gasteiger partial charge is 0.489 e. The fourth-order valence-electron chi connectivity index (χ4n) is 3.42. The molecular formula is C21H30N4O2. The summed E-state index contributed by atoms with van der Waals surface area (Å²) in [6.45, 7) is 5.30. The average Bonchev–Trinajstić information content (AvgIpc) is 3.12. The van der Waals surface area contributed by atoms with E-state index < -0.39 is 0 Å². The van der Waals surface area contributed by atoms with Crippen LogP contribution in [0.5, 0.6) is 5.75 Å². The normalized spacial score (nSPS) is 17.0. The minimum atomic E-state index is 0.0991. The number of H-pyrrole nitrogens is 1. The highest BCUT2D eigenvalue weighted by Crippen LogP contribution is 2.26. The van der Waals surface area contributed by atoms with E-state index in [1.54, 1.807) is 6.20 Å². The molecule has 0 unspecified atom stereocenters. The van der Waals surface area contributed by atoms with Crippen LogP contribution in [0.25, 0.3) is 0 Å². The number of carbonyl (C=O) groups excluding carboxylic acids is 1. The Labute approximate surface area is 161 Å². The van der Waals surface area contributed by atoms with Gasteiger partial charge in [-0.2, -0.15) is 5.10 Å². The molecule has 0 radical (unpaired) electrons. The number of para-hydroxylation sites is 1. The SMILES string of the molecule is CCCC[C@@H]1CN(CCC(=O)NCCc2cn[nH]c2)Cc2ccccc2O1. The second-order valence-electron chi connectivity index (χ2n) is 7.18. The Bertz CT molecular complexity index is 702. The maximum Gasteiger partial charge on any atom is 0.221 e. The monoisotopic (exact) mass is 370 g/mol. The number of fused-ring (bicyclic) bond motifs is 1. The number of hydrogen-bond donors (Lipinski definition) is 2. The van der Waals surface area contributed by atoms with Crippen LogP contribution in [0.2, 0.25) is 0 Å². The van der Waals surface area contributed by atoms with E-state index in [0.29, 0.717) is 13.0 Å². The van der Waals surface area contributed by atoms with Crippen LogP contribution >= 0.6 is 0 Å². The third kappa shape index (κ3) is 6.10. The Kier molecular flexibility index (Phi) is 7.27. The maximum atomic E-state index is 12.2. The molecule has 6 nitrogen and oxygen atoms in total. The van der Waals surface area contributed by atoms with Crippen LogP contribution in [0.1, 0.15) is 43.7 Å². The van der Waals surface area contributed by atoms with Gasteiger partial charge in [0.05, 0.1) is 6.20 Å². The molecule has 1 aliphatic rings. The summed E-state index contributed by atoms with van der Waals surface area (Å²) in [4.78, 5) is 14.6. The van der Waals surface area contributed by atoms with Crippen LogP contribution < -0.4 is 10.1 Å². The molecule has 6 heteroatoms. The molecule has 0 saturated heterocycles. The molecule has 1 aromatic heterocycles. The zero-order valence-corrected chi connectivity index (χ0v) is 16.1. The molecule has 0 spiro atoms. The zero-order valence-electron chi connectivity index (χ0n) is 16.1. The van der Waals surface area contributed by atoms with Crippen molar-refractivity contribution < 1.29 is 9.53 Å². The predicted molar refractivity (Wildman–Crippen MR) is 106 cm³/mol. The third-order valence-electron chi connectivity index (χ3n) is 4.95. The molecule has 146 valence electrons. The first-order valence-corrected chi connectivity index (χ1v) is 9.96. The maximum absolute atomic E-state index is 12.2. The van der Waals surface area contributed by atoms with Crippen LogP contribution in [0, 0.1) is 0 Å². The molecule has 0 aliphatic carbocycles. The van der Waals surface area contributed by atoms with Gasteiger partial charge in [-0.25, -0.2) is 0 Å². The predicted octanol–water partition coefficient (Wildman–Crippen LogP) is 2.91. The lowest BCUT2D eigenvalue weighted by Crippen LogP contribution is -2.36. The first kappa shape index (κ1) is 19.4. The van der Waals surface area contributed by atoms with Crippen LogP contribution in [0.15, 0.2) is 36.7 Å². The third-order valence-corrected chi connectivity index (χ3v) is 4.95. The fraction of sp³-hybridized carbons (Fsp3) is 0.524. The molecule has 0 saturated carbocycles. The van der Waals surface area contributed by atoms with Crippen molar-refractivity contribution in [2.75, 3.05) is 19.6 Å². The molecule has 2 aromatic rings. The van der Waals surface area contributed by atoms with Gasteiger partial charge in [-0.3, -0.25) is 14.8 Å². The molecule has 0 bridgehead atoms. The van der Waals surface area contributed by atoms with Gasteiger partial charge in [0.2, 0.25) is 5.91 Å². The zero-order chi connectivity index (χ0) is 18.9. The minimum absolute atomic E-state index is 0.0991. The highest BCUT2D eigenvalue weighted by molar-refractivity contribution is 5.76. The summed E-state index contributed by atoms with van der Waals surface area (Å²) in [6, 6.07) is 8.25. The Balaban J connectivity index is 1.49. The second kappa shape index (κ2) is 10.1. The summed E-state index contributed by atoms with van der Waals surface area (Å²) in [5.41, 5.74) is 2.31. The molecule has 27 heavy (non-hydrogen) atoms. The smallest absolute Gasteiger partial charge is 0.221 e. The number of ether oxygens (including phenoxy) is 1. The number of aromatic nitrogens is 2. The standard InChI is InChI=1S/C21H30N4O2/c1-2-3-7-19-16-25(15-18-6-4-5-8-20(18)27-19)12-10-21(26)22-11-9-17-13-23-24-14-17/h4-6,8,13-14,19H,2-3,7,9-12,15-16H2,1H3,(H,22,26)(H,23,24)/t19-/m1/s1. The van der Waals surface area contributed by atoms with E-state index in [0.717, 1.165) is 50.2 Å². The molecular weight excluding hydrogens is 340 g/mol. The molecule has 1 amide bonds. The molecule has 2 heterocycles. The number of amides is 1. The van der Waals surface area contributed by atoms with E-state index in [1.165, 1.54) is 12.0 Å². The number of unbranched alkanes of at least 4 members (excludes halogenated alkanes) is 1. The van der Waals surface area contributed by atoms with Gasteiger partial charge in [0.25, 0.3) is 0 Å². The van der Waals surface area contributed by atoms with Gasteiger partial charge >= 0.3 is 0 Å². The second-order valence-corrected chi connectivity index (χ2v) is 7.18. The van der Waals surface area contributed by atoms with E-state index in [9.17, 15) is 4.79 Å². The highest BCUT2D eigenvalue weighted by Gasteiger charge is 2.22. The van der Waals surface area contributed by atoms with E-state index in [1.807, 2.05) is 12.3 Å². The Hall–Kier alpha value is -2.34. The van der Waals surface area contributed by atoms with Gasteiger partial charge in [-0.1, -0.05) is 31.5 Å². The van der Waals surface area contributed by atoms with Crippen molar-refractivity contribution in [2.45, 2.75) is 51.7 Å². The molecule has 2 N–H and O–H groups in total. The molecule has 0 fully saturated rings. The van der Waals surface area contributed by atoms with E-state index in [2.05, 4.69) is 45.5 Å². The average molecular weight is 370 g/mol. The first-order chi connectivity index (χ1) is 13.2. The number of nitrogens with zero attached hydrogens (tertiary/aromatic N) is 2. The van der Waals surface area contributed by atoms with E-state index in [4.69, 9.17) is 4.74 Å². The number of benzene rings is 1. The summed E-state index contributed by atoms with van der Waals surface area (Å²) < 4.78 is 6.25. The van der Waals surface area contributed by atoms with Crippen molar-refractivity contribution in [1.82, 2.24) is 20.4 Å². The summed E-state index contributed by atoms with van der Waals surface area (Å²) >= 11 is 0. The van der Waals surface area contributed by atoms with Crippen molar-refractivity contribution in [3.05, 3.63) is 47.8 Å². The number of hydrogen-bond acceptors (Lipinski definition) is 4. The van der Waals surface area contributed by atoms with Gasteiger partial charge in [0.15, 0.2) is 0 Å². The number of nitrogens with one attached hydrogen (secondary N) is 2. The summed E-state index contributed by atoms with van der Waals surface area (Å²) in [7, 11) is 0. The topological polar surface area (TPSA) is 70.2 Å². The van der Waals surface area contributed by atoms with Gasteiger partial charge < -0.3 is 10.1 Å². The molecule has 3 rings (SSSR count). The molecule has 1 aromatic carbocycles. The summed E-state index contributed by atoms with van der Waals surface area (Å²) in [5, 5.41) is 9.71. The Morgan fingerprint density at radius 3 is 3.11 bits per heavy atom. The minimum Gasteiger partial charge on any atom is -0.489 e. The van der Waals surface area contributed by atoms with Crippen molar-refractivity contribution in [2.24, 2.45) is 0 Å². The quantitative estimate of drug-likeness (QED) is 0.712. The van der Waals surface area contributed by atoms with E-state index in [-0.39, 0.29) is 12.0 Å². The Morgan fingerprint density at radius 2 is 2.30 bits per heavy atom.